The number of fused-ring (bicyclic) bond motifs is 1. The molecule has 60 valence electrons. The molecule has 4 heteroatoms. The first kappa shape index (κ1) is 6.84. The van der Waals surface area contributed by atoms with E-state index in [4.69, 9.17) is 4.42 Å². The fourth-order valence-corrected chi connectivity index (χ4v) is 1.11. The monoisotopic (exact) mass is 163 g/mol. The van der Waals surface area contributed by atoms with Crippen LogP contribution in [0.1, 0.15) is 0 Å². The normalized spacial score (nSPS) is 10.3. The second-order valence-electron chi connectivity index (χ2n) is 2.37. The van der Waals surface area contributed by atoms with Gasteiger partial charge in [0.2, 0.25) is 0 Å². The summed E-state index contributed by atoms with van der Waals surface area (Å²) in [5, 5.41) is 11.0. The van der Waals surface area contributed by atoms with E-state index >= 15 is 0 Å². The summed E-state index contributed by atoms with van der Waals surface area (Å²) in [5.74, 6) is 0. The fraction of sp³-hybridized carbons (Fsp3) is 0. The molecule has 0 fully saturated rings. The molecule has 2 rings (SSSR count). The van der Waals surface area contributed by atoms with Crippen LogP contribution < -0.4 is 0 Å². The molecule has 0 radical (unpaired) electrons. The van der Waals surface area contributed by atoms with Crippen LogP contribution in [0, 0.1) is 10.1 Å². The summed E-state index contributed by atoms with van der Waals surface area (Å²) in [6.07, 6.45) is 1.16. The number of hydrogen-bond acceptors (Lipinski definition) is 3. The lowest BCUT2D eigenvalue weighted by molar-refractivity contribution is -0.383. The van der Waals surface area contributed by atoms with Crippen LogP contribution in [0.2, 0.25) is 0 Å². The molecule has 0 unspecified atom stereocenters. The number of rotatable bonds is 1. The molecule has 0 amide bonds. The molecule has 2 aromatic rings. The zero-order valence-electron chi connectivity index (χ0n) is 6.06. The average Bonchev–Trinajstić information content (AvgIpc) is 2.47. The molecule has 0 bridgehead atoms. The smallest absolute Gasteiger partial charge is 0.315 e. The molecule has 0 N–H and O–H groups in total. The standard InChI is InChI=1S/C8H5NO3/c10-9(11)7-5-12-8-4-2-1-3-6(7)8/h1-5H. The Morgan fingerprint density at radius 1 is 1.33 bits per heavy atom. The lowest BCUT2D eigenvalue weighted by Crippen LogP contribution is -1.84. The van der Waals surface area contributed by atoms with Crippen LogP contribution in [0.15, 0.2) is 34.9 Å². The van der Waals surface area contributed by atoms with Crippen molar-refractivity contribution in [3.05, 3.63) is 40.6 Å². The Morgan fingerprint density at radius 3 is 2.83 bits per heavy atom. The molecule has 1 heterocycles. The van der Waals surface area contributed by atoms with Gasteiger partial charge in [-0.05, 0) is 12.1 Å². The molecule has 1 aromatic carbocycles. The Bertz CT molecular complexity index is 433. The van der Waals surface area contributed by atoms with Gasteiger partial charge in [0, 0.05) is 0 Å². The number of benzene rings is 1. The van der Waals surface area contributed by atoms with Gasteiger partial charge in [-0.25, -0.2) is 0 Å². The van der Waals surface area contributed by atoms with Gasteiger partial charge in [-0.1, -0.05) is 12.1 Å². The topological polar surface area (TPSA) is 56.3 Å². The van der Waals surface area contributed by atoms with Crippen molar-refractivity contribution in [1.82, 2.24) is 0 Å². The first-order valence-electron chi connectivity index (χ1n) is 3.39. The maximum atomic E-state index is 10.4. The molecule has 0 aliphatic carbocycles. The van der Waals surface area contributed by atoms with Gasteiger partial charge >= 0.3 is 5.69 Å². The highest BCUT2D eigenvalue weighted by molar-refractivity contribution is 5.86. The van der Waals surface area contributed by atoms with E-state index in [0.717, 1.165) is 6.26 Å². The number of furan rings is 1. The van der Waals surface area contributed by atoms with E-state index in [-0.39, 0.29) is 5.69 Å². The van der Waals surface area contributed by atoms with Crippen molar-refractivity contribution in [3.8, 4) is 0 Å². The van der Waals surface area contributed by atoms with Gasteiger partial charge in [0.1, 0.15) is 5.58 Å². The molecule has 12 heavy (non-hydrogen) atoms. The minimum Gasteiger partial charge on any atom is -0.457 e. The molecule has 0 aliphatic heterocycles. The Kier molecular flexibility index (Phi) is 1.33. The predicted molar refractivity (Wildman–Crippen MR) is 42.9 cm³/mol. The highest BCUT2D eigenvalue weighted by atomic mass is 16.6. The van der Waals surface area contributed by atoms with Gasteiger partial charge in [-0.15, -0.1) is 0 Å². The van der Waals surface area contributed by atoms with Crippen molar-refractivity contribution in [3.63, 3.8) is 0 Å². The van der Waals surface area contributed by atoms with Gasteiger partial charge in [-0.2, -0.15) is 0 Å². The number of nitrogens with zero attached hydrogens (tertiary/aromatic N) is 1. The van der Waals surface area contributed by atoms with Crippen molar-refractivity contribution < 1.29 is 9.34 Å². The first-order chi connectivity index (χ1) is 5.79. The maximum absolute atomic E-state index is 10.4. The van der Waals surface area contributed by atoms with E-state index in [0.29, 0.717) is 11.0 Å². The Hall–Kier alpha value is -1.84. The third kappa shape index (κ3) is 0.852. The molecule has 1 aromatic heterocycles. The third-order valence-electron chi connectivity index (χ3n) is 1.66. The molecule has 4 nitrogen and oxygen atoms in total. The molecule has 0 atom stereocenters. The van der Waals surface area contributed by atoms with Crippen molar-refractivity contribution in [2.75, 3.05) is 0 Å². The van der Waals surface area contributed by atoms with E-state index in [1.54, 1.807) is 24.3 Å². The largest absolute Gasteiger partial charge is 0.457 e. The van der Waals surface area contributed by atoms with Crippen molar-refractivity contribution in [2.45, 2.75) is 0 Å². The fourth-order valence-electron chi connectivity index (χ4n) is 1.11. The maximum Gasteiger partial charge on any atom is 0.315 e. The van der Waals surface area contributed by atoms with Crippen LogP contribution in [0.5, 0.6) is 0 Å². The summed E-state index contributed by atoms with van der Waals surface area (Å²) in [5.41, 5.74) is 0.565. The van der Waals surface area contributed by atoms with E-state index in [1.165, 1.54) is 0 Å². The van der Waals surface area contributed by atoms with Crippen LogP contribution >= 0.6 is 0 Å². The first-order valence-corrected chi connectivity index (χ1v) is 3.39. The lowest BCUT2D eigenvalue weighted by Gasteiger charge is -1.85. The van der Waals surface area contributed by atoms with Gasteiger partial charge in [-0.3, -0.25) is 10.1 Å². The second kappa shape index (κ2) is 2.34. The van der Waals surface area contributed by atoms with Crippen molar-refractivity contribution in [2.24, 2.45) is 0 Å². The number of nitro groups is 1. The van der Waals surface area contributed by atoms with Crippen molar-refractivity contribution in [1.29, 1.82) is 0 Å². The summed E-state index contributed by atoms with van der Waals surface area (Å²) in [4.78, 5) is 9.97. The molecule has 0 aliphatic rings. The zero-order valence-corrected chi connectivity index (χ0v) is 6.06. The van der Waals surface area contributed by atoms with Crippen LogP contribution in [-0.4, -0.2) is 4.92 Å². The Labute approximate surface area is 67.6 Å². The van der Waals surface area contributed by atoms with Crippen LogP contribution in [0.25, 0.3) is 11.0 Å². The van der Waals surface area contributed by atoms with Gasteiger partial charge < -0.3 is 4.42 Å². The summed E-state index contributed by atoms with van der Waals surface area (Å²) in [6.45, 7) is 0. The second-order valence-corrected chi connectivity index (χ2v) is 2.37. The summed E-state index contributed by atoms with van der Waals surface area (Å²) in [7, 11) is 0. The number of para-hydroxylation sites is 1. The SMILES string of the molecule is O=[N+]([O-])c1coc2ccccc12. The van der Waals surface area contributed by atoms with Crippen LogP contribution in [-0.2, 0) is 0 Å². The van der Waals surface area contributed by atoms with Gasteiger partial charge in [0.05, 0.1) is 10.3 Å². The highest BCUT2D eigenvalue weighted by Gasteiger charge is 2.14. The highest BCUT2D eigenvalue weighted by Crippen LogP contribution is 2.26. The van der Waals surface area contributed by atoms with Gasteiger partial charge in [0.15, 0.2) is 6.26 Å². The summed E-state index contributed by atoms with van der Waals surface area (Å²) >= 11 is 0. The van der Waals surface area contributed by atoms with E-state index in [9.17, 15) is 10.1 Å². The van der Waals surface area contributed by atoms with Crippen LogP contribution in [0.3, 0.4) is 0 Å². The minimum atomic E-state index is -0.453. The quantitative estimate of drug-likeness (QED) is 0.478. The van der Waals surface area contributed by atoms with E-state index in [2.05, 4.69) is 0 Å². The third-order valence-corrected chi connectivity index (χ3v) is 1.66. The Morgan fingerprint density at radius 2 is 2.08 bits per heavy atom. The summed E-state index contributed by atoms with van der Waals surface area (Å²) in [6, 6.07) is 6.87. The van der Waals surface area contributed by atoms with Crippen molar-refractivity contribution >= 4 is 16.7 Å². The molecule has 0 saturated heterocycles. The average molecular weight is 163 g/mol. The number of hydrogen-bond donors (Lipinski definition) is 0. The molecule has 0 spiro atoms. The molecular formula is C8H5NO3. The minimum absolute atomic E-state index is 0.0191. The van der Waals surface area contributed by atoms with Gasteiger partial charge in [0.25, 0.3) is 0 Å². The lowest BCUT2D eigenvalue weighted by atomic mass is 10.2. The molecule has 0 saturated carbocycles. The zero-order chi connectivity index (χ0) is 8.55. The summed E-state index contributed by atoms with van der Waals surface area (Å²) < 4.78 is 4.97. The van der Waals surface area contributed by atoms with E-state index in [1.807, 2.05) is 0 Å². The molecular weight excluding hydrogens is 158 g/mol. The van der Waals surface area contributed by atoms with Crippen LogP contribution in [0.4, 0.5) is 5.69 Å². The Balaban J connectivity index is 2.79. The predicted octanol–water partition coefficient (Wildman–Crippen LogP) is 2.34. The van der Waals surface area contributed by atoms with E-state index < -0.39 is 4.92 Å².